The Labute approximate surface area is 95.2 Å². The quantitative estimate of drug-likeness (QED) is 0.691. The van der Waals surface area contributed by atoms with Crippen LogP contribution in [-0.4, -0.2) is 17.2 Å². The summed E-state index contributed by atoms with van der Waals surface area (Å²) in [6.07, 6.45) is 3.53. The van der Waals surface area contributed by atoms with E-state index in [4.69, 9.17) is 0 Å². The lowest BCUT2D eigenvalue weighted by atomic mass is 9.77. The molecule has 0 fully saturated rings. The van der Waals surface area contributed by atoms with Crippen LogP contribution in [0.4, 0.5) is 4.39 Å². The van der Waals surface area contributed by atoms with Gasteiger partial charge in [-0.25, -0.2) is 4.39 Å². The maximum absolute atomic E-state index is 13.9. The maximum atomic E-state index is 13.9. The predicted molar refractivity (Wildman–Crippen MR) is 60.8 cm³/mol. The van der Waals surface area contributed by atoms with Gasteiger partial charge in [-0.05, 0) is 38.8 Å². The number of rotatable bonds is 3. The van der Waals surface area contributed by atoms with E-state index in [1.165, 1.54) is 26.8 Å². The number of carbonyl (C=O) groups is 2. The SMILES string of the molecule is CCC1C(=O)C(C(C)=O)=CC=C1C(C)(C)F. The number of halogens is 1. The van der Waals surface area contributed by atoms with Gasteiger partial charge in [0.15, 0.2) is 11.6 Å². The monoisotopic (exact) mass is 224 g/mol. The van der Waals surface area contributed by atoms with Crippen LogP contribution < -0.4 is 0 Å². The summed E-state index contributed by atoms with van der Waals surface area (Å²) in [7, 11) is 0. The molecule has 0 amide bonds. The van der Waals surface area contributed by atoms with Crippen molar-refractivity contribution in [2.24, 2.45) is 5.92 Å². The van der Waals surface area contributed by atoms with Crippen LogP contribution in [-0.2, 0) is 9.59 Å². The van der Waals surface area contributed by atoms with Crippen LogP contribution in [0.5, 0.6) is 0 Å². The molecule has 0 N–H and O–H groups in total. The van der Waals surface area contributed by atoms with Crippen molar-refractivity contribution in [2.75, 3.05) is 0 Å². The van der Waals surface area contributed by atoms with Gasteiger partial charge < -0.3 is 0 Å². The van der Waals surface area contributed by atoms with Gasteiger partial charge in [0, 0.05) is 5.92 Å². The van der Waals surface area contributed by atoms with E-state index in [1.54, 1.807) is 6.08 Å². The standard InChI is InChI=1S/C13H17FO2/c1-5-9-11(13(3,4)14)7-6-10(8(2)15)12(9)16/h6-7,9H,5H2,1-4H3. The molecule has 0 aliphatic heterocycles. The van der Waals surface area contributed by atoms with Crippen molar-refractivity contribution in [3.63, 3.8) is 0 Å². The van der Waals surface area contributed by atoms with Crippen LogP contribution in [0.25, 0.3) is 0 Å². The van der Waals surface area contributed by atoms with E-state index >= 15 is 0 Å². The second-order valence-electron chi connectivity index (χ2n) is 4.56. The summed E-state index contributed by atoms with van der Waals surface area (Å²) in [6.45, 7) is 6.05. The first-order chi connectivity index (χ1) is 7.29. The lowest BCUT2D eigenvalue weighted by Gasteiger charge is -2.28. The van der Waals surface area contributed by atoms with E-state index in [9.17, 15) is 14.0 Å². The fraction of sp³-hybridized carbons (Fsp3) is 0.538. The van der Waals surface area contributed by atoms with Gasteiger partial charge in [0.25, 0.3) is 0 Å². The highest BCUT2D eigenvalue weighted by molar-refractivity contribution is 6.21. The van der Waals surface area contributed by atoms with E-state index in [0.717, 1.165) is 0 Å². The van der Waals surface area contributed by atoms with E-state index in [2.05, 4.69) is 0 Å². The second kappa shape index (κ2) is 4.32. The molecular weight excluding hydrogens is 207 g/mol. The Kier molecular flexibility index (Phi) is 3.46. The molecule has 0 bridgehead atoms. The van der Waals surface area contributed by atoms with Crippen molar-refractivity contribution in [1.82, 2.24) is 0 Å². The number of allylic oxidation sites excluding steroid dienone is 4. The predicted octanol–water partition coefficient (Wildman–Crippen LogP) is 2.79. The van der Waals surface area contributed by atoms with Gasteiger partial charge in [-0.3, -0.25) is 9.59 Å². The summed E-state index contributed by atoms with van der Waals surface area (Å²) in [5.74, 6) is -1.00. The molecule has 0 spiro atoms. The fourth-order valence-corrected chi connectivity index (χ4v) is 2.01. The minimum atomic E-state index is -1.52. The highest BCUT2D eigenvalue weighted by atomic mass is 19.1. The summed E-state index contributed by atoms with van der Waals surface area (Å²) in [5.41, 5.74) is -0.875. The minimum absolute atomic E-state index is 0.180. The van der Waals surface area contributed by atoms with E-state index in [1.807, 2.05) is 6.92 Å². The molecule has 3 heteroatoms. The van der Waals surface area contributed by atoms with Crippen LogP contribution in [0.2, 0.25) is 0 Å². The smallest absolute Gasteiger partial charge is 0.173 e. The Morgan fingerprint density at radius 2 is 2.00 bits per heavy atom. The Morgan fingerprint density at radius 1 is 1.44 bits per heavy atom. The summed E-state index contributed by atoms with van der Waals surface area (Å²) < 4.78 is 13.9. The molecule has 0 aromatic carbocycles. The number of hydrogen-bond acceptors (Lipinski definition) is 2. The zero-order valence-electron chi connectivity index (χ0n) is 10.1. The minimum Gasteiger partial charge on any atom is -0.294 e. The fourth-order valence-electron chi connectivity index (χ4n) is 2.01. The molecule has 0 saturated carbocycles. The van der Waals surface area contributed by atoms with E-state index in [0.29, 0.717) is 12.0 Å². The van der Waals surface area contributed by atoms with Crippen LogP contribution in [0, 0.1) is 5.92 Å². The van der Waals surface area contributed by atoms with Gasteiger partial charge in [0.05, 0.1) is 5.57 Å². The Bertz CT molecular complexity index is 383. The molecule has 0 aromatic heterocycles. The average Bonchev–Trinajstić information content (AvgIpc) is 2.15. The molecule has 0 heterocycles. The highest BCUT2D eigenvalue weighted by Gasteiger charge is 2.36. The summed E-state index contributed by atoms with van der Waals surface area (Å²) in [4.78, 5) is 23.2. The molecule has 1 rings (SSSR count). The van der Waals surface area contributed by atoms with Crippen LogP contribution >= 0.6 is 0 Å². The van der Waals surface area contributed by atoms with E-state index in [-0.39, 0.29) is 17.1 Å². The summed E-state index contributed by atoms with van der Waals surface area (Å²) >= 11 is 0. The number of carbonyl (C=O) groups excluding carboxylic acids is 2. The zero-order valence-corrected chi connectivity index (χ0v) is 10.1. The maximum Gasteiger partial charge on any atom is 0.173 e. The van der Waals surface area contributed by atoms with Crippen molar-refractivity contribution in [2.45, 2.75) is 39.8 Å². The van der Waals surface area contributed by atoms with Crippen molar-refractivity contribution in [3.05, 3.63) is 23.3 Å². The van der Waals surface area contributed by atoms with Crippen LogP contribution in [0.15, 0.2) is 23.3 Å². The van der Waals surface area contributed by atoms with Gasteiger partial charge in [0.2, 0.25) is 0 Å². The van der Waals surface area contributed by atoms with Gasteiger partial charge in [-0.2, -0.15) is 0 Å². The van der Waals surface area contributed by atoms with Crippen molar-refractivity contribution in [3.8, 4) is 0 Å². The normalized spacial score (nSPS) is 21.6. The summed E-state index contributed by atoms with van der Waals surface area (Å²) in [6, 6.07) is 0. The molecule has 0 aromatic rings. The average molecular weight is 224 g/mol. The van der Waals surface area contributed by atoms with Gasteiger partial charge in [-0.1, -0.05) is 13.0 Å². The molecular formula is C13H17FO2. The molecule has 0 radical (unpaired) electrons. The topological polar surface area (TPSA) is 34.1 Å². The molecule has 1 aliphatic rings. The van der Waals surface area contributed by atoms with Gasteiger partial charge in [-0.15, -0.1) is 0 Å². The van der Waals surface area contributed by atoms with Crippen LogP contribution in [0.3, 0.4) is 0 Å². The molecule has 16 heavy (non-hydrogen) atoms. The lowest BCUT2D eigenvalue weighted by molar-refractivity contribution is -0.122. The lowest BCUT2D eigenvalue weighted by Crippen LogP contribution is -2.32. The highest BCUT2D eigenvalue weighted by Crippen LogP contribution is 2.34. The van der Waals surface area contributed by atoms with Crippen molar-refractivity contribution in [1.29, 1.82) is 0 Å². The van der Waals surface area contributed by atoms with Crippen LogP contribution in [0.1, 0.15) is 34.1 Å². The van der Waals surface area contributed by atoms with Crippen molar-refractivity contribution >= 4 is 11.6 Å². The molecule has 1 atom stereocenters. The first-order valence-electron chi connectivity index (χ1n) is 5.45. The first-order valence-corrected chi connectivity index (χ1v) is 5.45. The molecule has 1 unspecified atom stereocenters. The Morgan fingerprint density at radius 3 is 2.38 bits per heavy atom. The largest absolute Gasteiger partial charge is 0.294 e. The molecule has 1 aliphatic carbocycles. The summed E-state index contributed by atoms with van der Waals surface area (Å²) in [5, 5.41) is 0. The third-order valence-corrected chi connectivity index (χ3v) is 2.86. The Hall–Kier alpha value is -1.25. The zero-order chi connectivity index (χ0) is 12.5. The third kappa shape index (κ3) is 2.29. The number of ketones is 2. The molecule has 2 nitrogen and oxygen atoms in total. The van der Waals surface area contributed by atoms with Gasteiger partial charge >= 0.3 is 0 Å². The second-order valence-corrected chi connectivity index (χ2v) is 4.56. The Balaban J connectivity index is 3.21. The van der Waals surface area contributed by atoms with E-state index < -0.39 is 11.6 Å². The van der Waals surface area contributed by atoms with Gasteiger partial charge in [0.1, 0.15) is 5.67 Å². The van der Waals surface area contributed by atoms with Crippen molar-refractivity contribution < 1.29 is 14.0 Å². The number of Topliss-reactive ketones (excluding diaryl/α,β-unsaturated/α-hetero) is 2. The molecule has 0 saturated heterocycles. The molecule has 88 valence electrons. The third-order valence-electron chi connectivity index (χ3n) is 2.86. The number of hydrogen-bond donors (Lipinski definition) is 0. The number of alkyl halides is 1. The first kappa shape index (κ1) is 12.8.